The first-order valence-corrected chi connectivity index (χ1v) is 17.0. The molecule has 0 spiro atoms. The fraction of sp³-hybridized carbons (Fsp3) is 0.455. The second-order valence-electron chi connectivity index (χ2n) is 7.96. The van der Waals surface area contributed by atoms with Crippen LogP contribution in [0.3, 0.4) is 0 Å². The molecule has 0 aliphatic rings. The summed E-state index contributed by atoms with van der Waals surface area (Å²) in [6, 6.07) is 27.5. The molecule has 0 saturated carbocycles. The van der Waals surface area contributed by atoms with Crippen LogP contribution in [0.1, 0.15) is 101 Å². The van der Waals surface area contributed by atoms with Crippen LogP contribution in [0.2, 0.25) is 0 Å². The summed E-state index contributed by atoms with van der Waals surface area (Å²) in [6.45, 7) is 14.3. The van der Waals surface area contributed by atoms with Gasteiger partial charge >= 0.3 is 0 Å². The molecule has 2 atom stereocenters. The number of aryl methyl sites for hydroxylation is 2. The van der Waals surface area contributed by atoms with Gasteiger partial charge in [0.2, 0.25) is 0 Å². The Morgan fingerprint density at radius 3 is 1.06 bits per heavy atom. The van der Waals surface area contributed by atoms with Gasteiger partial charge in [-0.15, -0.1) is 17.2 Å². The van der Waals surface area contributed by atoms with Crippen molar-refractivity contribution in [2.45, 2.75) is 93.4 Å². The molecule has 2 unspecified atom stereocenters. The highest BCUT2D eigenvalue weighted by Gasteiger charge is 2.01. The molecule has 3 aromatic carbocycles. The van der Waals surface area contributed by atoms with Crippen LogP contribution >= 0.6 is 17.2 Å². The lowest BCUT2D eigenvalue weighted by atomic mass is 9.98. The third-order valence-electron chi connectivity index (χ3n) is 5.49. The van der Waals surface area contributed by atoms with Crippen molar-refractivity contribution in [3.05, 3.63) is 106 Å². The van der Waals surface area contributed by atoms with Gasteiger partial charge in [-0.3, -0.25) is 0 Å². The average molecular weight is 511 g/mol. The van der Waals surface area contributed by atoms with Crippen molar-refractivity contribution in [1.82, 2.24) is 0 Å². The van der Waals surface area contributed by atoms with Crippen molar-refractivity contribution < 1.29 is 0 Å². The van der Waals surface area contributed by atoms with Gasteiger partial charge in [0.25, 0.3) is 0 Å². The van der Waals surface area contributed by atoms with Gasteiger partial charge in [-0.25, -0.2) is 0 Å². The van der Waals surface area contributed by atoms with Gasteiger partial charge in [-0.05, 0) is 78.1 Å². The summed E-state index contributed by atoms with van der Waals surface area (Å²) in [5.41, 5.74) is 8.50. The Hall–Kier alpha value is -1.48. The molecule has 0 aromatic heterocycles. The highest BCUT2D eigenvalue weighted by atomic mass is 32.0. The van der Waals surface area contributed by atoms with Gasteiger partial charge in [0.15, 0.2) is 0 Å². The molecule has 0 bridgehead atoms. The van der Waals surface area contributed by atoms with Crippen molar-refractivity contribution in [1.29, 1.82) is 0 Å². The summed E-state index contributed by atoms with van der Waals surface area (Å²) >= 11 is 0. The molecule has 35 heavy (non-hydrogen) atoms. The molecule has 0 heterocycles. The maximum atomic E-state index is 2.84. The highest BCUT2D eigenvalue weighted by molar-refractivity contribution is 8.02. The lowest BCUT2D eigenvalue weighted by Crippen LogP contribution is -1.93. The molecule has 0 fully saturated rings. The highest BCUT2D eigenvalue weighted by Crippen LogP contribution is 2.22. The van der Waals surface area contributed by atoms with Gasteiger partial charge in [0, 0.05) is 0 Å². The summed E-state index contributed by atoms with van der Waals surface area (Å²) in [7, 11) is 3.84. The minimum Gasteiger partial charge on any atom is -0.114 e. The van der Waals surface area contributed by atoms with Crippen LogP contribution in [-0.4, -0.2) is 6.16 Å². The Bertz CT molecular complexity index is 834. The zero-order valence-corrected chi connectivity index (χ0v) is 25.8. The van der Waals surface area contributed by atoms with Crippen LogP contribution < -0.4 is 0 Å². The van der Waals surface area contributed by atoms with Gasteiger partial charge in [0.1, 0.15) is 0 Å². The molecule has 0 aliphatic heterocycles. The SMILES string of the molecule is CC.CC.CC.CCCCc1ccc(Cc2ccc(Cc3ccc(CCCPP)cc3)cc2)cc1. The fourth-order valence-corrected chi connectivity index (χ4v) is 4.66. The van der Waals surface area contributed by atoms with Crippen molar-refractivity contribution in [3.8, 4) is 0 Å². The molecule has 0 amide bonds. The summed E-state index contributed by atoms with van der Waals surface area (Å²) in [5, 5.41) is 0. The van der Waals surface area contributed by atoms with Crippen LogP contribution in [-0.2, 0) is 25.7 Å². The third-order valence-corrected chi connectivity index (χ3v) is 7.00. The van der Waals surface area contributed by atoms with Crippen LogP contribution in [0.15, 0.2) is 72.8 Å². The molecule has 3 rings (SSSR count). The number of benzene rings is 3. The molecular weight excluding hydrogens is 458 g/mol. The van der Waals surface area contributed by atoms with E-state index in [9.17, 15) is 0 Å². The average Bonchev–Trinajstić information content (AvgIpc) is 2.94. The molecule has 2 heteroatoms. The van der Waals surface area contributed by atoms with E-state index in [4.69, 9.17) is 0 Å². The molecule has 194 valence electrons. The van der Waals surface area contributed by atoms with E-state index in [0.717, 1.165) is 21.1 Å². The minimum absolute atomic E-state index is 0.993. The van der Waals surface area contributed by atoms with E-state index in [-0.39, 0.29) is 0 Å². The first kappa shape index (κ1) is 33.5. The monoisotopic (exact) mass is 510 g/mol. The van der Waals surface area contributed by atoms with E-state index in [2.05, 4.69) is 88.6 Å². The summed E-state index contributed by atoms with van der Waals surface area (Å²) in [5.74, 6) is 0. The number of rotatable bonds is 11. The van der Waals surface area contributed by atoms with Crippen molar-refractivity contribution in [2.75, 3.05) is 6.16 Å². The standard InChI is InChI=1S/C27H34P2.3C2H6/c1-2-3-5-22-7-11-24(12-8-22)20-26-15-17-27(18-16-26)21-25-13-9-23(10-14-25)6-4-19-29-28;3*1-2/h7-18,29H,2-6,19-21,28H2,1H3;3*1-2H3. The summed E-state index contributed by atoms with van der Waals surface area (Å²) in [6.07, 6.45) is 9.59. The zero-order valence-electron chi connectivity index (χ0n) is 23.7. The van der Waals surface area contributed by atoms with Gasteiger partial charge in [-0.2, -0.15) is 0 Å². The maximum Gasteiger partial charge on any atom is -0.00258 e. The summed E-state index contributed by atoms with van der Waals surface area (Å²) < 4.78 is 0. The topological polar surface area (TPSA) is 0 Å². The maximum absolute atomic E-state index is 2.84. The smallest absolute Gasteiger partial charge is 0.00258 e. The van der Waals surface area contributed by atoms with E-state index < -0.39 is 0 Å². The normalized spacial score (nSPS) is 9.94. The van der Waals surface area contributed by atoms with Gasteiger partial charge in [0.05, 0.1) is 0 Å². The number of unbranched alkanes of at least 4 members (excludes halogenated alkanes) is 1. The minimum atomic E-state index is 0.993. The van der Waals surface area contributed by atoms with E-state index in [1.807, 2.05) is 41.5 Å². The largest absolute Gasteiger partial charge is 0.114 e. The van der Waals surface area contributed by atoms with E-state index >= 15 is 0 Å². The van der Waals surface area contributed by atoms with Crippen molar-refractivity contribution in [3.63, 3.8) is 0 Å². The zero-order chi connectivity index (χ0) is 26.3. The molecule has 0 radical (unpaired) electrons. The molecule has 0 saturated heterocycles. The second kappa shape index (κ2) is 23.0. The Balaban J connectivity index is 0.00000179. The first-order chi connectivity index (χ1) is 17.3. The Labute approximate surface area is 222 Å². The first-order valence-electron chi connectivity index (χ1n) is 13.9. The number of hydrogen-bond donors (Lipinski definition) is 0. The van der Waals surface area contributed by atoms with Crippen molar-refractivity contribution in [2.24, 2.45) is 0 Å². The molecule has 3 aromatic rings. The predicted molar refractivity (Wildman–Crippen MR) is 169 cm³/mol. The molecule has 0 nitrogen and oxygen atoms in total. The Morgan fingerprint density at radius 2 is 0.771 bits per heavy atom. The van der Waals surface area contributed by atoms with Crippen LogP contribution in [0.25, 0.3) is 0 Å². The lowest BCUT2D eigenvalue weighted by molar-refractivity contribution is 0.795. The summed E-state index contributed by atoms with van der Waals surface area (Å²) in [4.78, 5) is 0. The second-order valence-corrected chi connectivity index (χ2v) is 10.1. The van der Waals surface area contributed by atoms with E-state index in [0.29, 0.717) is 0 Å². The lowest BCUT2D eigenvalue weighted by Gasteiger charge is -2.07. The Morgan fingerprint density at radius 1 is 0.486 bits per heavy atom. The van der Waals surface area contributed by atoms with Gasteiger partial charge < -0.3 is 0 Å². The van der Waals surface area contributed by atoms with Gasteiger partial charge in [-0.1, -0.05) is 128 Å². The molecule has 0 aliphatic carbocycles. The van der Waals surface area contributed by atoms with Crippen LogP contribution in [0.4, 0.5) is 0 Å². The molecule has 0 N–H and O–H groups in total. The van der Waals surface area contributed by atoms with E-state index in [1.165, 1.54) is 71.6 Å². The van der Waals surface area contributed by atoms with Crippen molar-refractivity contribution >= 4 is 17.2 Å². The number of hydrogen-bond acceptors (Lipinski definition) is 0. The fourth-order valence-electron chi connectivity index (χ4n) is 3.67. The quantitative estimate of drug-likeness (QED) is 0.178. The van der Waals surface area contributed by atoms with Crippen LogP contribution in [0, 0.1) is 0 Å². The third kappa shape index (κ3) is 14.6. The Kier molecular flexibility index (Phi) is 22.0. The van der Waals surface area contributed by atoms with E-state index in [1.54, 1.807) is 0 Å². The predicted octanol–water partition coefficient (Wildman–Crippen LogP) is 10.7. The van der Waals surface area contributed by atoms with Crippen LogP contribution in [0.5, 0.6) is 0 Å². The molecular formula is C33H52P2.